The summed E-state index contributed by atoms with van der Waals surface area (Å²) < 4.78 is 32.2. The first-order chi connectivity index (χ1) is 10.8. The highest BCUT2D eigenvalue weighted by Crippen LogP contribution is 2.36. The van der Waals surface area contributed by atoms with Gasteiger partial charge in [-0.1, -0.05) is 43.4 Å². The van der Waals surface area contributed by atoms with E-state index in [4.69, 9.17) is 11.2 Å². The number of ether oxygens (including phenoxy) is 1. The molecule has 1 aliphatic heterocycles. The van der Waals surface area contributed by atoms with Gasteiger partial charge in [-0.3, -0.25) is 0 Å². The second-order valence-corrected chi connectivity index (χ2v) is 6.32. The molecular weight excluding hydrogens is 282 g/mol. The summed E-state index contributed by atoms with van der Waals surface area (Å²) in [6.07, 6.45) is 17.0. The average Bonchev–Trinajstić information content (AvgIpc) is 2.59. The molecule has 3 atom stereocenters. The van der Waals surface area contributed by atoms with Gasteiger partial charge in [0.25, 0.3) is 0 Å². The van der Waals surface area contributed by atoms with Crippen LogP contribution >= 0.6 is 0 Å². The van der Waals surface area contributed by atoms with E-state index in [9.17, 15) is 8.78 Å². The van der Waals surface area contributed by atoms with Gasteiger partial charge >= 0.3 is 0 Å². The SMILES string of the molecule is C#CC(F)/C(=C\C=C/CF)C1CCC(C2CCCCC2)OC1. The number of terminal acetylenes is 1. The van der Waals surface area contributed by atoms with E-state index in [1.807, 2.05) is 0 Å². The van der Waals surface area contributed by atoms with Crippen LogP contribution in [0.25, 0.3) is 0 Å². The van der Waals surface area contributed by atoms with Gasteiger partial charge in [-0.25, -0.2) is 8.78 Å². The Kier molecular flexibility index (Phi) is 7.12. The summed E-state index contributed by atoms with van der Waals surface area (Å²) in [5, 5.41) is 0. The maximum absolute atomic E-state index is 14.0. The minimum Gasteiger partial charge on any atom is -0.377 e. The zero-order valence-electron chi connectivity index (χ0n) is 13.1. The molecule has 0 aromatic heterocycles. The molecule has 2 aliphatic rings. The van der Waals surface area contributed by atoms with Crippen LogP contribution in [0.1, 0.15) is 44.9 Å². The van der Waals surface area contributed by atoms with E-state index in [2.05, 4.69) is 5.92 Å². The third-order valence-electron chi connectivity index (χ3n) is 4.91. The summed E-state index contributed by atoms with van der Waals surface area (Å²) >= 11 is 0. The van der Waals surface area contributed by atoms with Gasteiger partial charge in [-0.05, 0) is 37.2 Å². The van der Waals surface area contributed by atoms with E-state index >= 15 is 0 Å². The lowest BCUT2D eigenvalue weighted by Gasteiger charge is -2.36. The second kappa shape index (κ2) is 9.10. The fraction of sp³-hybridized carbons (Fsp3) is 0.684. The maximum atomic E-state index is 14.0. The summed E-state index contributed by atoms with van der Waals surface area (Å²) in [5.41, 5.74) is 0.550. The minimum atomic E-state index is -1.41. The number of allylic oxidation sites excluding steroid dienone is 3. The zero-order chi connectivity index (χ0) is 15.8. The van der Waals surface area contributed by atoms with E-state index in [-0.39, 0.29) is 5.92 Å². The summed E-state index contributed by atoms with van der Waals surface area (Å²) in [6.45, 7) is -0.0275. The summed E-state index contributed by atoms with van der Waals surface area (Å²) in [6, 6.07) is 0. The molecule has 0 radical (unpaired) electrons. The van der Waals surface area contributed by atoms with Crippen LogP contribution < -0.4 is 0 Å². The lowest BCUT2D eigenvalue weighted by molar-refractivity contribution is -0.0492. The van der Waals surface area contributed by atoms with E-state index < -0.39 is 12.8 Å². The third-order valence-corrected chi connectivity index (χ3v) is 4.91. The Hall–Kier alpha value is -1.14. The van der Waals surface area contributed by atoms with Crippen LogP contribution in [0, 0.1) is 24.2 Å². The first kappa shape index (κ1) is 17.2. The van der Waals surface area contributed by atoms with Crippen LogP contribution in [-0.4, -0.2) is 25.6 Å². The smallest absolute Gasteiger partial charge is 0.182 e. The van der Waals surface area contributed by atoms with Crippen molar-refractivity contribution in [1.82, 2.24) is 0 Å². The summed E-state index contributed by atoms with van der Waals surface area (Å²) in [5.74, 6) is 2.82. The van der Waals surface area contributed by atoms with E-state index in [0.717, 1.165) is 12.8 Å². The van der Waals surface area contributed by atoms with Gasteiger partial charge in [0.1, 0.15) is 6.67 Å². The van der Waals surface area contributed by atoms with Gasteiger partial charge in [0.2, 0.25) is 0 Å². The van der Waals surface area contributed by atoms with Crippen molar-refractivity contribution in [2.75, 3.05) is 13.3 Å². The van der Waals surface area contributed by atoms with Crippen molar-refractivity contribution < 1.29 is 13.5 Å². The molecule has 122 valence electrons. The molecule has 22 heavy (non-hydrogen) atoms. The topological polar surface area (TPSA) is 9.23 Å². The Morgan fingerprint density at radius 3 is 2.59 bits per heavy atom. The fourth-order valence-electron chi connectivity index (χ4n) is 3.67. The van der Waals surface area contributed by atoms with Crippen molar-refractivity contribution in [2.24, 2.45) is 11.8 Å². The monoisotopic (exact) mass is 308 g/mol. The van der Waals surface area contributed by atoms with Gasteiger partial charge in [0.15, 0.2) is 6.17 Å². The predicted octanol–water partition coefficient (Wildman–Crippen LogP) is 4.79. The lowest BCUT2D eigenvalue weighted by atomic mass is 9.80. The van der Waals surface area contributed by atoms with Crippen molar-refractivity contribution in [2.45, 2.75) is 57.2 Å². The Morgan fingerprint density at radius 1 is 1.23 bits per heavy atom. The normalized spacial score (nSPS) is 29.4. The molecule has 1 aliphatic carbocycles. The first-order valence-corrected chi connectivity index (χ1v) is 8.40. The molecule has 3 unspecified atom stereocenters. The van der Waals surface area contributed by atoms with E-state index in [1.165, 1.54) is 38.2 Å². The van der Waals surface area contributed by atoms with Crippen LogP contribution in [-0.2, 0) is 4.74 Å². The molecular formula is C19H26F2O. The van der Waals surface area contributed by atoms with Gasteiger partial charge in [0, 0.05) is 5.92 Å². The highest BCUT2D eigenvalue weighted by atomic mass is 19.1. The molecule has 0 N–H and O–H groups in total. The average molecular weight is 308 g/mol. The quantitative estimate of drug-likeness (QED) is 0.524. The van der Waals surface area contributed by atoms with Gasteiger partial charge in [0.05, 0.1) is 12.7 Å². The minimum absolute atomic E-state index is 0.00940. The third kappa shape index (κ3) is 4.68. The summed E-state index contributed by atoms with van der Waals surface area (Å²) in [4.78, 5) is 0. The Morgan fingerprint density at radius 2 is 2.00 bits per heavy atom. The van der Waals surface area contributed by atoms with Gasteiger partial charge < -0.3 is 4.74 Å². The Bertz CT molecular complexity index is 421. The molecule has 1 saturated heterocycles. The molecule has 2 rings (SSSR count). The molecule has 0 aromatic rings. The predicted molar refractivity (Wildman–Crippen MR) is 86.0 cm³/mol. The Labute approximate surface area is 132 Å². The molecule has 1 heterocycles. The number of halogens is 2. The number of hydrogen-bond acceptors (Lipinski definition) is 1. The van der Waals surface area contributed by atoms with E-state index in [1.54, 1.807) is 12.2 Å². The molecule has 0 amide bonds. The van der Waals surface area contributed by atoms with Crippen molar-refractivity contribution >= 4 is 0 Å². The van der Waals surface area contributed by atoms with Crippen molar-refractivity contribution in [3.63, 3.8) is 0 Å². The zero-order valence-corrected chi connectivity index (χ0v) is 13.1. The Balaban J connectivity index is 1.93. The fourth-order valence-corrected chi connectivity index (χ4v) is 3.67. The molecule has 3 heteroatoms. The molecule has 1 nitrogen and oxygen atoms in total. The van der Waals surface area contributed by atoms with Crippen LogP contribution in [0.2, 0.25) is 0 Å². The van der Waals surface area contributed by atoms with Crippen LogP contribution in [0.4, 0.5) is 8.78 Å². The molecule has 0 aromatic carbocycles. The number of rotatable bonds is 5. The first-order valence-electron chi connectivity index (χ1n) is 8.40. The maximum Gasteiger partial charge on any atom is 0.182 e. The highest BCUT2D eigenvalue weighted by molar-refractivity contribution is 5.26. The van der Waals surface area contributed by atoms with Crippen LogP contribution in [0.5, 0.6) is 0 Å². The molecule has 2 fully saturated rings. The van der Waals surface area contributed by atoms with Crippen molar-refractivity contribution in [3.8, 4) is 12.3 Å². The number of hydrogen-bond donors (Lipinski definition) is 0. The molecule has 0 spiro atoms. The largest absolute Gasteiger partial charge is 0.377 e. The summed E-state index contributed by atoms with van der Waals surface area (Å²) in [7, 11) is 0. The van der Waals surface area contributed by atoms with Crippen LogP contribution in [0.3, 0.4) is 0 Å². The van der Waals surface area contributed by atoms with Gasteiger partial charge in [-0.15, -0.1) is 6.42 Å². The highest BCUT2D eigenvalue weighted by Gasteiger charge is 2.32. The van der Waals surface area contributed by atoms with E-state index in [0.29, 0.717) is 24.2 Å². The standard InChI is InChI=1S/C19H26F2O/c1-2-18(21)17(10-6-7-13-20)16-11-12-19(22-14-16)15-8-4-3-5-9-15/h1,6-7,10,15-16,18-19H,3-5,8-9,11-14H2/b7-6-,17-10-. The van der Waals surface area contributed by atoms with Crippen molar-refractivity contribution in [1.29, 1.82) is 0 Å². The number of alkyl halides is 2. The van der Waals surface area contributed by atoms with Crippen LogP contribution in [0.15, 0.2) is 23.8 Å². The molecule has 1 saturated carbocycles. The second-order valence-electron chi connectivity index (χ2n) is 6.32. The van der Waals surface area contributed by atoms with Gasteiger partial charge in [-0.2, -0.15) is 0 Å². The van der Waals surface area contributed by atoms with Crippen molar-refractivity contribution in [3.05, 3.63) is 23.8 Å². The molecule has 0 bridgehead atoms. The lowest BCUT2D eigenvalue weighted by Crippen LogP contribution is -2.34.